The van der Waals surface area contributed by atoms with Gasteiger partial charge < -0.3 is 10.1 Å². The summed E-state index contributed by atoms with van der Waals surface area (Å²) in [5.74, 6) is -0.388. The van der Waals surface area contributed by atoms with Gasteiger partial charge in [-0.15, -0.1) is 0 Å². The molecule has 1 aromatic heterocycles. The van der Waals surface area contributed by atoms with Gasteiger partial charge in [0.25, 0.3) is 0 Å². The lowest BCUT2D eigenvalue weighted by molar-refractivity contribution is -0.142. The zero-order chi connectivity index (χ0) is 17.8. The van der Waals surface area contributed by atoms with Crippen LogP contribution in [0.4, 0.5) is 13.2 Å². The summed E-state index contributed by atoms with van der Waals surface area (Å²) in [7, 11) is 0. The average molecular weight is 400 g/mol. The molecule has 0 saturated carbocycles. The number of carbonyl (C=O) groups excluding carboxylic acids is 1. The Balaban J connectivity index is 2.67. The van der Waals surface area contributed by atoms with E-state index >= 15 is 0 Å². The van der Waals surface area contributed by atoms with Crippen LogP contribution in [0.25, 0.3) is 0 Å². The lowest BCUT2D eigenvalue weighted by Crippen LogP contribution is -2.33. The number of alkyl halides is 3. The van der Waals surface area contributed by atoms with Crippen molar-refractivity contribution in [3.05, 3.63) is 15.9 Å². The molecule has 0 saturated heterocycles. The predicted molar refractivity (Wildman–Crippen MR) is 83.1 cm³/mol. The van der Waals surface area contributed by atoms with Crippen LogP contribution < -0.4 is 5.32 Å². The highest BCUT2D eigenvalue weighted by molar-refractivity contribution is 9.10. The molecule has 5 nitrogen and oxygen atoms in total. The smallest absolute Gasteiger partial charge is 0.379 e. The lowest BCUT2D eigenvalue weighted by atomic mass is 10.3. The average Bonchev–Trinajstić information content (AvgIpc) is 2.73. The van der Waals surface area contributed by atoms with Crippen LogP contribution in [0.3, 0.4) is 0 Å². The van der Waals surface area contributed by atoms with Gasteiger partial charge in [0, 0.05) is 13.2 Å². The Morgan fingerprint density at radius 1 is 1.39 bits per heavy atom. The molecule has 1 rings (SSSR count). The van der Waals surface area contributed by atoms with E-state index in [4.69, 9.17) is 4.74 Å². The molecule has 1 unspecified atom stereocenters. The number of hydrogen-bond acceptors (Lipinski definition) is 3. The SMILES string of the molecule is Cc1c(Br)c(C(F)(F)F)nn1C(C)C(=O)NCCCOC(C)C. The van der Waals surface area contributed by atoms with Gasteiger partial charge in [0.15, 0.2) is 5.69 Å². The Labute approximate surface area is 141 Å². The highest BCUT2D eigenvalue weighted by Crippen LogP contribution is 2.36. The van der Waals surface area contributed by atoms with Gasteiger partial charge in [0.2, 0.25) is 5.91 Å². The van der Waals surface area contributed by atoms with Gasteiger partial charge in [-0.1, -0.05) is 0 Å². The number of aromatic nitrogens is 2. The minimum absolute atomic E-state index is 0.120. The van der Waals surface area contributed by atoms with Crippen molar-refractivity contribution in [2.24, 2.45) is 0 Å². The zero-order valence-corrected chi connectivity index (χ0v) is 15.1. The summed E-state index contributed by atoms with van der Waals surface area (Å²) in [6, 6.07) is -0.839. The van der Waals surface area contributed by atoms with E-state index in [-0.39, 0.29) is 22.2 Å². The lowest BCUT2D eigenvalue weighted by Gasteiger charge is -2.15. The van der Waals surface area contributed by atoms with E-state index in [9.17, 15) is 18.0 Å². The molecule has 0 aliphatic carbocycles. The van der Waals surface area contributed by atoms with Gasteiger partial charge in [-0.2, -0.15) is 18.3 Å². The first-order valence-electron chi connectivity index (χ1n) is 7.26. The van der Waals surface area contributed by atoms with Crippen molar-refractivity contribution in [3.8, 4) is 0 Å². The monoisotopic (exact) mass is 399 g/mol. The molecule has 132 valence electrons. The van der Waals surface area contributed by atoms with Crippen molar-refractivity contribution in [2.75, 3.05) is 13.2 Å². The van der Waals surface area contributed by atoms with Crippen molar-refractivity contribution in [2.45, 2.75) is 52.4 Å². The van der Waals surface area contributed by atoms with E-state index in [1.807, 2.05) is 13.8 Å². The fourth-order valence-corrected chi connectivity index (χ4v) is 2.40. The van der Waals surface area contributed by atoms with Crippen molar-refractivity contribution >= 4 is 21.8 Å². The molecule has 0 bridgehead atoms. The van der Waals surface area contributed by atoms with Crippen LogP contribution in [0.2, 0.25) is 0 Å². The van der Waals surface area contributed by atoms with Crippen LogP contribution in [0.15, 0.2) is 4.47 Å². The summed E-state index contributed by atoms with van der Waals surface area (Å²) in [5, 5.41) is 6.20. The van der Waals surface area contributed by atoms with E-state index in [0.29, 0.717) is 19.6 Å². The first kappa shape index (κ1) is 20.0. The molecule has 0 aliphatic rings. The normalized spacial score (nSPS) is 13.4. The highest BCUT2D eigenvalue weighted by atomic mass is 79.9. The summed E-state index contributed by atoms with van der Waals surface area (Å²) in [4.78, 5) is 12.1. The number of rotatable bonds is 7. The number of halogens is 4. The van der Waals surface area contributed by atoms with Crippen molar-refractivity contribution in [1.29, 1.82) is 0 Å². The summed E-state index contributed by atoms with van der Waals surface area (Å²) in [6.45, 7) is 7.72. The van der Waals surface area contributed by atoms with Crippen molar-refractivity contribution in [1.82, 2.24) is 15.1 Å². The summed E-state index contributed by atoms with van der Waals surface area (Å²) < 4.78 is 44.8. The number of hydrogen-bond donors (Lipinski definition) is 1. The molecule has 1 heterocycles. The Kier molecular flexibility index (Phi) is 7.06. The molecule has 1 amide bonds. The quantitative estimate of drug-likeness (QED) is 0.714. The van der Waals surface area contributed by atoms with E-state index < -0.39 is 17.9 Å². The summed E-state index contributed by atoms with van der Waals surface area (Å²) in [5.41, 5.74) is -0.775. The second-order valence-corrected chi connectivity index (χ2v) is 6.22. The maximum atomic E-state index is 12.8. The minimum atomic E-state index is -4.57. The predicted octanol–water partition coefficient (Wildman–Crippen LogP) is 3.47. The second-order valence-electron chi connectivity index (χ2n) is 5.43. The van der Waals surface area contributed by atoms with Gasteiger partial charge >= 0.3 is 6.18 Å². The van der Waals surface area contributed by atoms with E-state index in [1.54, 1.807) is 0 Å². The largest absolute Gasteiger partial charge is 0.436 e. The maximum absolute atomic E-state index is 12.8. The third kappa shape index (κ3) is 5.49. The fourth-order valence-electron chi connectivity index (χ4n) is 1.92. The van der Waals surface area contributed by atoms with Gasteiger partial charge in [-0.25, -0.2) is 0 Å². The Hall–Kier alpha value is -1.09. The number of nitrogens with one attached hydrogen (secondary N) is 1. The maximum Gasteiger partial charge on any atom is 0.436 e. The Bertz CT molecular complexity index is 544. The Morgan fingerprint density at radius 3 is 2.48 bits per heavy atom. The molecule has 1 atom stereocenters. The molecule has 0 spiro atoms. The van der Waals surface area contributed by atoms with Crippen LogP contribution >= 0.6 is 15.9 Å². The molecule has 0 aliphatic heterocycles. The van der Waals surface area contributed by atoms with E-state index in [2.05, 4.69) is 26.3 Å². The standard InChI is InChI=1S/C14H21BrF3N3O2/c1-8(2)23-7-5-6-19-13(22)10(4)21-9(3)11(15)12(20-21)14(16,17)18/h8,10H,5-7H2,1-4H3,(H,19,22). The van der Waals surface area contributed by atoms with Crippen LogP contribution in [0, 0.1) is 6.92 Å². The highest BCUT2D eigenvalue weighted by Gasteiger charge is 2.38. The fraction of sp³-hybridized carbons (Fsp3) is 0.714. The summed E-state index contributed by atoms with van der Waals surface area (Å²) >= 11 is 2.89. The first-order chi connectivity index (χ1) is 10.6. The minimum Gasteiger partial charge on any atom is -0.379 e. The van der Waals surface area contributed by atoms with Gasteiger partial charge in [0.1, 0.15) is 6.04 Å². The van der Waals surface area contributed by atoms with Crippen LogP contribution in [0.5, 0.6) is 0 Å². The molecule has 23 heavy (non-hydrogen) atoms. The third-order valence-electron chi connectivity index (χ3n) is 3.16. The van der Waals surface area contributed by atoms with Crippen LogP contribution in [-0.4, -0.2) is 34.9 Å². The topological polar surface area (TPSA) is 56.2 Å². The van der Waals surface area contributed by atoms with Crippen LogP contribution in [-0.2, 0) is 15.7 Å². The number of nitrogens with zero attached hydrogens (tertiary/aromatic N) is 2. The molecule has 9 heteroatoms. The van der Waals surface area contributed by atoms with Crippen LogP contribution in [0.1, 0.15) is 44.6 Å². The first-order valence-corrected chi connectivity index (χ1v) is 8.06. The van der Waals surface area contributed by atoms with E-state index in [1.165, 1.54) is 13.8 Å². The molecule has 0 fully saturated rings. The van der Waals surface area contributed by atoms with Gasteiger partial charge in [-0.05, 0) is 50.0 Å². The molecule has 1 N–H and O–H groups in total. The molecular weight excluding hydrogens is 379 g/mol. The summed E-state index contributed by atoms with van der Waals surface area (Å²) in [6.07, 6.45) is -3.82. The Morgan fingerprint density at radius 2 is 2.00 bits per heavy atom. The molecule has 0 radical (unpaired) electrons. The molecular formula is C14H21BrF3N3O2. The number of carbonyl (C=O) groups is 1. The third-order valence-corrected chi connectivity index (χ3v) is 4.11. The zero-order valence-electron chi connectivity index (χ0n) is 13.5. The molecule has 0 aromatic carbocycles. The number of amides is 1. The number of ether oxygens (including phenoxy) is 1. The van der Waals surface area contributed by atoms with E-state index in [0.717, 1.165) is 4.68 Å². The second kappa shape index (κ2) is 8.14. The van der Waals surface area contributed by atoms with Gasteiger partial charge in [-0.3, -0.25) is 9.48 Å². The van der Waals surface area contributed by atoms with Crippen molar-refractivity contribution in [3.63, 3.8) is 0 Å². The van der Waals surface area contributed by atoms with Crippen molar-refractivity contribution < 1.29 is 22.7 Å². The molecule has 1 aromatic rings. The van der Waals surface area contributed by atoms with Gasteiger partial charge in [0.05, 0.1) is 16.3 Å².